The molecule has 0 atom stereocenters. The van der Waals surface area contributed by atoms with Gasteiger partial charge in [0.05, 0.1) is 0 Å². The maximum absolute atomic E-state index is 5.89. The minimum atomic E-state index is 0.390. The number of alkyl halides is 1. The van der Waals surface area contributed by atoms with Crippen molar-refractivity contribution in [1.29, 1.82) is 0 Å². The largest absolute Gasteiger partial charge is 0.338 e. The highest BCUT2D eigenvalue weighted by Crippen LogP contribution is 2.48. The summed E-state index contributed by atoms with van der Waals surface area (Å²) in [6.45, 7) is 0. The second-order valence-corrected chi connectivity index (χ2v) is 4.03. The summed E-state index contributed by atoms with van der Waals surface area (Å²) in [7, 11) is 2.03. The second kappa shape index (κ2) is 2.77. The zero-order chi connectivity index (χ0) is 8.60. The first-order valence-electron chi connectivity index (χ1n) is 4.28. The van der Waals surface area contributed by atoms with Crippen molar-refractivity contribution in [3.05, 3.63) is 18.2 Å². The molecule has 2 rings (SSSR count). The van der Waals surface area contributed by atoms with Crippen molar-refractivity contribution in [2.24, 2.45) is 12.5 Å². The van der Waals surface area contributed by atoms with E-state index in [-0.39, 0.29) is 0 Å². The number of rotatable bonds is 3. The highest BCUT2D eigenvalue weighted by Gasteiger charge is 2.42. The highest BCUT2D eigenvalue weighted by atomic mass is 35.5. The fraction of sp³-hybridized carbons (Fsp3) is 0.667. The van der Waals surface area contributed by atoms with Crippen molar-refractivity contribution in [3.63, 3.8) is 0 Å². The van der Waals surface area contributed by atoms with Crippen LogP contribution in [0.4, 0.5) is 0 Å². The molecule has 66 valence electrons. The zero-order valence-electron chi connectivity index (χ0n) is 7.26. The summed E-state index contributed by atoms with van der Waals surface area (Å²) in [4.78, 5) is 4.29. The lowest BCUT2D eigenvalue weighted by molar-refractivity contribution is 0.544. The molecule has 1 saturated carbocycles. The second-order valence-electron chi connectivity index (χ2n) is 3.76. The first kappa shape index (κ1) is 8.11. The van der Waals surface area contributed by atoms with Crippen molar-refractivity contribution in [2.75, 3.05) is 5.88 Å². The number of imidazole rings is 1. The molecule has 0 unspecified atom stereocenters. The Bertz CT molecular complexity index is 276. The van der Waals surface area contributed by atoms with Crippen LogP contribution in [0.5, 0.6) is 0 Å². The standard InChI is InChI=1S/C9H13ClN2/c1-12-5-4-11-8(12)6-9(7-10)2-3-9/h4-5H,2-3,6-7H2,1H3. The van der Waals surface area contributed by atoms with E-state index in [0.717, 1.165) is 18.1 Å². The minimum absolute atomic E-state index is 0.390. The lowest BCUT2D eigenvalue weighted by Gasteiger charge is -2.09. The normalized spacial score (nSPS) is 19.5. The summed E-state index contributed by atoms with van der Waals surface area (Å²) in [5.41, 5.74) is 0.390. The fourth-order valence-electron chi connectivity index (χ4n) is 1.44. The number of nitrogens with zero attached hydrogens (tertiary/aromatic N) is 2. The molecule has 1 heterocycles. The Morgan fingerprint density at radius 1 is 1.67 bits per heavy atom. The first-order chi connectivity index (χ1) is 5.76. The van der Waals surface area contributed by atoms with E-state index in [0.29, 0.717) is 5.41 Å². The smallest absolute Gasteiger partial charge is 0.108 e. The van der Waals surface area contributed by atoms with Crippen LogP contribution in [0.3, 0.4) is 0 Å². The number of aryl methyl sites for hydroxylation is 1. The molecule has 0 N–H and O–H groups in total. The third-order valence-corrected chi connectivity index (χ3v) is 3.26. The van der Waals surface area contributed by atoms with Gasteiger partial charge >= 0.3 is 0 Å². The Balaban J connectivity index is 2.08. The van der Waals surface area contributed by atoms with Crippen molar-refractivity contribution in [1.82, 2.24) is 9.55 Å². The van der Waals surface area contributed by atoms with E-state index in [2.05, 4.69) is 9.55 Å². The van der Waals surface area contributed by atoms with Crippen LogP contribution in [0.1, 0.15) is 18.7 Å². The van der Waals surface area contributed by atoms with Gasteiger partial charge in [0.1, 0.15) is 5.82 Å². The molecule has 0 saturated heterocycles. The van der Waals surface area contributed by atoms with E-state index >= 15 is 0 Å². The van der Waals surface area contributed by atoms with Gasteiger partial charge in [-0.1, -0.05) is 0 Å². The Morgan fingerprint density at radius 2 is 2.42 bits per heavy atom. The Labute approximate surface area is 77.6 Å². The van der Waals surface area contributed by atoms with Crippen LogP contribution in [0.2, 0.25) is 0 Å². The number of hydrogen-bond donors (Lipinski definition) is 0. The SMILES string of the molecule is Cn1ccnc1CC1(CCl)CC1. The van der Waals surface area contributed by atoms with Crippen molar-refractivity contribution in [2.45, 2.75) is 19.3 Å². The lowest BCUT2D eigenvalue weighted by atomic mass is 10.1. The molecule has 12 heavy (non-hydrogen) atoms. The summed E-state index contributed by atoms with van der Waals surface area (Å²) in [6, 6.07) is 0. The van der Waals surface area contributed by atoms with Gasteiger partial charge in [-0.3, -0.25) is 0 Å². The van der Waals surface area contributed by atoms with Gasteiger partial charge in [-0.05, 0) is 18.3 Å². The predicted octanol–water partition coefficient (Wildman–Crippen LogP) is 1.98. The quantitative estimate of drug-likeness (QED) is 0.657. The molecule has 1 fully saturated rings. The third-order valence-electron chi connectivity index (χ3n) is 2.69. The summed E-state index contributed by atoms with van der Waals surface area (Å²) < 4.78 is 2.08. The van der Waals surface area contributed by atoms with Crippen LogP contribution in [0, 0.1) is 5.41 Å². The monoisotopic (exact) mass is 184 g/mol. The van der Waals surface area contributed by atoms with E-state index in [9.17, 15) is 0 Å². The molecule has 0 bridgehead atoms. The van der Waals surface area contributed by atoms with Gasteiger partial charge in [-0.2, -0.15) is 0 Å². The van der Waals surface area contributed by atoms with E-state index in [4.69, 9.17) is 11.6 Å². The van der Waals surface area contributed by atoms with Gasteiger partial charge in [0.15, 0.2) is 0 Å². The maximum Gasteiger partial charge on any atom is 0.108 e. The van der Waals surface area contributed by atoms with E-state index in [1.807, 2.05) is 19.4 Å². The lowest BCUT2D eigenvalue weighted by Crippen LogP contribution is -2.10. The molecule has 0 aliphatic heterocycles. The van der Waals surface area contributed by atoms with Crippen molar-refractivity contribution >= 4 is 11.6 Å². The van der Waals surface area contributed by atoms with Crippen molar-refractivity contribution < 1.29 is 0 Å². The molecule has 0 radical (unpaired) electrons. The molecule has 1 aromatic heterocycles. The zero-order valence-corrected chi connectivity index (χ0v) is 8.01. The van der Waals surface area contributed by atoms with Crippen LogP contribution in [0.15, 0.2) is 12.4 Å². The highest BCUT2D eigenvalue weighted by molar-refractivity contribution is 6.18. The van der Waals surface area contributed by atoms with Crippen molar-refractivity contribution in [3.8, 4) is 0 Å². The first-order valence-corrected chi connectivity index (χ1v) is 4.81. The van der Waals surface area contributed by atoms with Crippen LogP contribution < -0.4 is 0 Å². The number of aromatic nitrogens is 2. The Kier molecular flexibility index (Phi) is 1.87. The molecule has 2 nitrogen and oxygen atoms in total. The number of halogens is 1. The molecule has 1 aromatic rings. The third kappa shape index (κ3) is 1.36. The minimum Gasteiger partial charge on any atom is -0.338 e. The topological polar surface area (TPSA) is 17.8 Å². The van der Waals surface area contributed by atoms with Gasteiger partial charge < -0.3 is 4.57 Å². The van der Waals surface area contributed by atoms with E-state index in [1.165, 1.54) is 12.8 Å². The summed E-state index contributed by atoms with van der Waals surface area (Å²) in [5.74, 6) is 1.94. The molecular weight excluding hydrogens is 172 g/mol. The van der Waals surface area contributed by atoms with E-state index in [1.54, 1.807) is 0 Å². The summed E-state index contributed by atoms with van der Waals surface area (Å²) in [6.07, 6.45) is 7.41. The van der Waals surface area contributed by atoms with Crippen LogP contribution >= 0.6 is 11.6 Å². The predicted molar refractivity (Wildman–Crippen MR) is 49.3 cm³/mol. The van der Waals surface area contributed by atoms with Crippen LogP contribution in [-0.4, -0.2) is 15.4 Å². The molecule has 1 aliphatic rings. The molecular formula is C9H13ClN2. The van der Waals surface area contributed by atoms with Crippen LogP contribution in [-0.2, 0) is 13.5 Å². The Hall–Kier alpha value is -0.500. The van der Waals surface area contributed by atoms with Gasteiger partial charge in [-0.25, -0.2) is 4.98 Å². The molecule has 0 spiro atoms. The van der Waals surface area contributed by atoms with Gasteiger partial charge in [0.2, 0.25) is 0 Å². The molecule has 0 amide bonds. The fourth-order valence-corrected chi connectivity index (χ4v) is 1.80. The average molecular weight is 185 g/mol. The molecule has 0 aromatic carbocycles. The Morgan fingerprint density at radius 3 is 2.83 bits per heavy atom. The summed E-state index contributed by atoms with van der Waals surface area (Å²) in [5, 5.41) is 0. The molecule has 1 aliphatic carbocycles. The summed E-state index contributed by atoms with van der Waals surface area (Å²) >= 11 is 5.89. The average Bonchev–Trinajstić information content (AvgIpc) is 2.74. The number of hydrogen-bond acceptors (Lipinski definition) is 1. The molecule has 3 heteroatoms. The van der Waals surface area contributed by atoms with Gasteiger partial charge in [0, 0.05) is 31.7 Å². The van der Waals surface area contributed by atoms with E-state index < -0.39 is 0 Å². The van der Waals surface area contributed by atoms with Crippen LogP contribution in [0.25, 0.3) is 0 Å². The van der Waals surface area contributed by atoms with Gasteiger partial charge in [0.25, 0.3) is 0 Å². The van der Waals surface area contributed by atoms with Gasteiger partial charge in [-0.15, -0.1) is 11.6 Å². The maximum atomic E-state index is 5.89.